The first kappa shape index (κ1) is 19.7. The lowest BCUT2D eigenvalue weighted by molar-refractivity contribution is -0.134. The highest BCUT2D eigenvalue weighted by molar-refractivity contribution is 6.31. The van der Waals surface area contributed by atoms with Gasteiger partial charge in [-0.2, -0.15) is 0 Å². The van der Waals surface area contributed by atoms with Crippen molar-refractivity contribution >= 4 is 17.5 Å². The number of aliphatic hydroxyl groups excluding tert-OH is 1. The van der Waals surface area contributed by atoms with E-state index >= 15 is 4.39 Å². The van der Waals surface area contributed by atoms with Crippen LogP contribution in [0.3, 0.4) is 0 Å². The summed E-state index contributed by atoms with van der Waals surface area (Å²) < 4.78 is 28.5. The number of nitrogens with zero attached hydrogens (tertiary/aromatic N) is 1. The number of pyridine rings is 1. The van der Waals surface area contributed by atoms with Crippen molar-refractivity contribution < 1.29 is 23.8 Å². The summed E-state index contributed by atoms with van der Waals surface area (Å²) in [5.74, 6) is -2.06. The minimum absolute atomic E-state index is 0.125. The molecule has 8 heteroatoms. The number of carbonyl (C=O) groups is 1. The lowest BCUT2D eigenvalue weighted by Crippen LogP contribution is -2.47. The average Bonchev–Trinajstić information content (AvgIpc) is 2.64. The van der Waals surface area contributed by atoms with Crippen molar-refractivity contribution in [1.82, 2.24) is 4.98 Å². The predicted molar refractivity (Wildman–Crippen MR) is 95.4 cm³/mol. The van der Waals surface area contributed by atoms with E-state index in [0.29, 0.717) is 11.3 Å². The Hall–Kier alpha value is -2.09. The lowest BCUT2D eigenvalue weighted by atomic mass is 9.74. The van der Waals surface area contributed by atoms with E-state index in [-0.39, 0.29) is 29.1 Å². The molecule has 0 fully saturated rings. The first-order chi connectivity index (χ1) is 12.6. The van der Waals surface area contributed by atoms with E-state index in [4.69, 9.17) is 17.3 Å². The fraction of sp³-hybridized carbons (Fsp3) is 0.368. The van der Waals surface area contributed by atoms with Crippen LogP contribution in [0.25, 0.3) is 0 Å². The fourth-order valence-corrected chi connectivity index (χ4v) is 3.77. The molecule has 144 valence electrons. The van der Waals surface area contributed by atoms with Gasteiger partial charge in [0, 0.05) is 22.2 Å². The Bertz CT molecular complexity index is 911. The molecule has 1 aliphatic rings. The minimum Gasteiger partial charge on any atom is -0.393 e. The van der Waals surface area contributed by atoms with Gasteiger partial charge in [-0.25, -0.2) is 8.78 Å². The number of rotatable bonds is 4. The molecule has 1 amide bonds. The number of fused-ring (bicyclic) bond motifs is 1. The van der Waals surface area contributed by atoms with E-state index in [1.165, 1.54) is 30.3 Å². The number of aliphatic hydroxyl groups is 2. The van der Waals surface area contributed by atoms with Gasteiger partial charge < -0.3 is 15.9 Å². The van der Waals surface area contributed by atoms with Crippen LogP contribution in [0.2, 0.25) is 5.02 Å². The Balaban J connectivity index is 2.13. The van der Waals surface area contributed by atoms with Gasteiger partial charge in [0.2, 0.25) is 5.67 Å². The Labute approximate surface area is 159 Å². The summed E-state index contributed by atoms with van der Waals surface area (Å²) in [4.78, 5) is 16.0. The number of carbonyl (C=O) groups excluding carboxylic acids is 1. The molecule has 3 atom stereocenters. The molecule has 0 bridgehead atoms. The molecule has 0 radical (unpaired) electrons. The maximum atomic E-state index is 15.2. The third-order valence-electron chi connectivity index (χ3n) is 5.19. The van der Waals surface area contributed by atoms with Crippen molar-refractivity contribution in [2.24, 2.45) is 5.73 Å². The van der Waals surface area contributed by atoms with Crippen molar-refractivity contribution in [3.8, 4) is 0 Å². The third kappa shape index (κ3) is 3.20. The van der Waals surface area contributed by atoms with Gasteiger partial charge in [0.25, 0.3) is 5.91 Å². The summed E-state index contributed by atoms with van der Waals surface area (Å²) in [6, 6.07) is 6.81. The van der Waals surface area contributed by atoms with Gasteiger partial charge >= 0.3 is 0 Å². The molecule has 1 aromatic heterocycles. The van der Waals surface area contributed by atoms with Crippen LogP contribution in [0.5, 0.6) is 0 Å². The smallest absolute Gasteiger partial charge is 0.259 e. The number of hydrogen-bond acceptors (Lipinski definition) is 4. The van der Waals surface area contributed by atoms with E-state index in [1.807, 2.05) is 0 Å². The molecule has 4 N–H and O–H groups in total. The lowest BCUT2D eigenvalue weighted by Gasteiger charge is -2.38. The molecule has 2 aromatic rings. The van der Waals surface area contributed by atoms with E-state index in [0.717, 1.165) is 0 Å². The van der Waals surface area contributed by atoms with Crippen LogP contribution < -0.4 is 5.73 Å². The highest BCUT2D eigenvalue weighted by atomic mass is 35.5. The number of aromatic nitrogens is 1. The fourth-order valence-electron chi connectivity index (χ4n) is 3.44. The average molecular weight is 397 g/mol. The molecule has 3 rings (SSSR count). The molecular formula is C19H19ClF2N2O3. The van der Waals surface area contributed by atoms with Crippen LogP contribution in [0.1, 0.15) is 48.2 Å². The molecule has 0 spiro atoms. The summed E-state index contributed by atoms with van der Waals surface area (Å²) in [5, 5.41) is 20.5. The Morgan fingerprint density at radius 2 is 2.07 bits per heavy atom. The number of benzene rings is 1. The standard InChI is InChI=1S/C19H19ClF2N2O3/c1-10(12-3-2-11(21)8-14(12)20)15-5-4-13-16(24-15)18(27,9-25)6-7-19(13,22)17(23)26/h2-5,8,10,25,27H,6-7,9H2,1H3,(H2,23,26)/t10-,18?,19?/m1/s1. The second kappa shape index (κ2) is 6.82. The molecular weight excluding hydrogens is 378 g/mol. The number of nitrogens with two attached hydrogens (primary N) is 1. The van der Waals surface area contributed by atoms with Gasteiger partial charge in [0.15, 0.2) is 0 Å². The second-order valence-corrected chi connectivity index (χ2v) is 7.28. The van der Waals surface area contributed by atoms with Crippen molar-refractivity contribution in [2.45, 2.75) is 37.0 Å². The third-order valence-corrected chi connectivity index (χ3v) is 5.52. The Morgan fingerprint density at radius 1 is 1.37 bits per heavy atom. The second-order valence-electron chi connectivity index (χ2n) is 6.87. The number of halogens is 3. The van der Waals surface area contributed by atoms with E-state index < -0.39 is 35.5 Å². The van der Waals surface area contributed by atoms with Gasteiger partial charge in [-0.1, -0.05) is 30.7 Å². The molecule has 1 heterocycles. The molecule has 1 aromatic carbocycles. The van der Waals surface area contributed by atoms with Crippen LogP contribution in [0, 0.1) is 5.82 Å². The van der Waals surface area contributed by atoms with E-state index in [2.05, 4.69) is 4.98 Å². The molecule has 27 heavy (non-hydrogen) atoms. The zero-order valence-electron chi connectivity index (χ0n) is 14.5. The largest absolute Gasteiger partial charge is 0.393 e. The minimum atomic E-state index is -2.47. The molecule has 0 saturated heterocycles. The van der Waals surface area contributed by atoms with Crippen LogP contribution >= 0.6 is 11.6 Å². The molecule has 0 saturated carbocycles. The summed E-state index contributed by atoms with van der Waals surface area (Å²) in [5.41, 5.74) is 1.70. The van der Waals surface area contributed by atoms with Crippen LogP contribution in [0.4, 0.5) is 8.78 Å². The first-order valence-electron chi connectivity index (χ1n) is 8.41. The summed E-state index contributed by atoms with van der Waals surface area (Å²) >= 11 is 6.11. The quantitative estimate of drug-likeness (QED) is 0.740. The monoisotopic (exact) mass is 396 g/mol. The number of amides is 1. The maximum Gasteiger partial charge on any atom is 0.259 e. The van der Waals surface area contributed by atoms with Crippen LogP contribution in [-0.2, 0) is 16.1 Å². The van der Waals surface area contributed by atoms with Crippen LogP contribution in [0.15, 0.2) is 30.3 Å². The number of primary amides is 1. The number of alkyl halides is 1. The first-order valence-corrected chi connectivity index (χ1v) is 8.79. The summed E-state index contributed by atoms with van der Waals surface area (Å²) in [7, 11) is 0. The Kier molecular flexibility index (Phi) is 4.96. The highest BCUT2D eigenvalue weighted by Gasteiger charge is 2.51. The van der Waals surface area contributed by atoms with Crippen molar-refractivity contribution in [2.75, 3.05) is 6.61 Å². The van der Waals surface area contributed by atoms with Gasteiger partial charge in [-0.15, -0.1) is 0 Å². The highest BCUT2D eigenvalue weighted by Crippen LogP contribution is 2.45. The van der Waals surface area contributed by atoms with E-state index in [1.54, 1.807) is 6.92 Å². The van der Waals surface area contributed by atoms with Gasteiger partial charge in [0.05, 0.1) is 12.3 Å². The molecule has 0 aliphatic heterocycles. The summed E-state index contributed by atoms with van der Waals surface area (Å²) in [6.45, 7) is 1.09. The zero-order chi connectivity index (χ0) is 20.0. The van der Waals surface area contributed by atoms with Crippen LogP contribution in [-0.4, -0.2) is 27.7 Å². The SMILES string of the molecule is C[C@@H](c1ccc2c(n1)C(O)(CO)CCC2(F)C(N)=O)c1ccc(F)cc1Cl. The predicted octanol–water partition coefficient (Wildman–Crippen LogP) is 2.65. The normalized spacial score (nSPS) is 25.7. The topological polar surface area (TPSA) is 96.4 Å². The Morgan fingerprint density at radius 3 is 2.67 bits per heavy atom. The van der Waals surface area contributed by atoms with Gasteiger partial charge in [-0.3, -0.25) is 9.78 Å². The van der Waals surface area contributed by atoms with Gasteiger partial charge in [0.1, 0.15) is 11.4 Å². The maximum absolute atomic E-state index is 15.2. The molecule has 2 unspecified atom stereocenters. The van der Waals surface area contributed by atoms with Crippen molar-refractivity contribution in [1.29, 1.82) is 0 Å². The zero-order valence-corrected chi connectivity index (χ0v) is 15.3. The van der Waals surface area contributed by atoms with Gasteiger partial charge in [-0.05, 0) is 36.6 Å². The molecule has 1 aliphatic carbocycles. The van der Waals surface area contributed by atoms with Crippen molar-refractivity contribution in [3.05, 3.63) is 63.7 Å². The number of hydrogen-bond donors (Lipinski definition) is 3. The summed E-state index contributed by atoms with van der Waals surface area (Å²) in [6.07, 6.45) is -0.565. The van der Waals surface area contributed by atoms with E-state index in [9.17, 15) is 19.4 Å². The van der Waals surface area contributed by atoms with Crippen molar-refractivity contribution in [3.63, 3.8) is 0 Å². The molecule has 5 nitrogen and oxygen atoms in total.